The van der Waals surface area contributed by atoms with Crippen LogP contribution in [-0.2, 0) is 6.54 Å². The molecule has 0 amide bonds. The summed E-state index contributed by atoms with van der Waals surface area (Å²) in [5, 5.41) is 2.91. The van der Waals surface area contributed by atoms with Crippen molar-refractivity contribution in [3.05, 3.63) is 75.2 Å². The average Bonchev–Trinajstić information content (AvgIpc) is 2.71. The van der Waals surface area contributed by atoms with Gasteiger partial charge in [0.2, 0.25) is 11.7 Å². The molecule has 3 aromatic rings. The van der Waals surface area contributed by atoms with Gasteiger partial charge in [0, 0.05) is 11.8 Å². The van der Waals surface area contributed by atoms with Crippen LogP contribution in [0.1, 0.15) is 18.1 Å². The summed E-state index contributed by atoms with van der Waals surface area (Å²) in [5.41, 5.74) is 0.281. The number of ether oxygens (including phenoxy) is 2. The second-order valence-electron chi connectivity index (χ2n) is 6.59. The second-order valence-corrected chi connectivity index (χ2v) is 6.59. The molecule has 6 nitrogen and oxygen atoms in total. The molecule has 1 N–H and O–H groups in total. The summed E-state index contributed by atoms with van der Waals surface area (Å²) in [6.45, 7) is 3.42. The highest BCUT2D eigenvalue weighted by Crippen LogP contribution is 2.28. The number of aromatic nitrogens is 2. The maximum absolute atomic E-state index is 14.1. The fraction of sp³-hybridized carbons (Fsp3) is 0.238. The van der Waals surface area contributed by atoms with Crippen molar-refractivity contribution in [3.63, 3.8) is 0 Å². The third-order valence-corrected chi connectivity index (χ3v) is 4.41. The van der Waals surface area contributed by atoms with Crippen LogP contribution in [0, 0.1) is 30.2 Å². The second kappa shape index (κ2) is 9.07. The Balaban J connectivity index is 2.06. The van der Waals surface area contributed by atoms with Crippen molar-refractivity contribution < 1.29 is 27.0 Å². The molecule has 2 aromatic carbocycles. The van der Waals surface area contributed by atoms with Crippen molar-refractivity contribution in [3.8, 4) is 11.5 Å². The van der Waals surface area contributed by atoms with E-state index in [0.29, 0.717) is 11.3 Å². The van der Waals surface area contributed by atoms with Gasteiger partial charge in [-0.3, -0.25) is 4.79 Å². The summed E-state index contributed by atoms with van der Waals surface area (Å²) in [4.78, 5) is 16.1. The predicted octanol–water partition coefficient (Wildman–Crippen LogP) is 4.31. The molecule has 0 bridgehead atoms. The number of benzene rings is 2. The minimum absolute atomic E-state index is 0.000635. The molecule has 0 aliphatic rings. The van der Waals surface area contributed by atoms with Gasteiger partial charge in [0.1, 0.15) is 0 Å². The third-order valence-electron chi connectivity index (χ3n) is 4.41. The highest BCUT2D eigenvalue weighted by molar-refractivity contribution is 5.61. The van der Waals surface area contributed by atoms with Gasteiger partial charge in [-0.25, -0.2) is 17.6 Å². The molecule has 0 unspecified atom stereocenters. The fourth-order valence-electron chi connectivity index (χ4n) is 2.90. The van der Waals surface area contributed by atoms with Crippen molar-refractivity contribution in [2.45, 2.75) is 20.4 Å². The number of nitrogens with one attached hydrogen (secondary N) is 1. The van der Waals surface area contributed by atoms with E-state index in [1.165, 1.54) is 30.0 Å². The molecular formula is C21H19F4N3O3. The summed E-state index contributed by atoms with van der Waals surface area (Å²) in [6, 6.07) is 4.34. The molecule has 1 aromatic heterocycles. The van der Waals surface area contributed by atoms with E-state index < -0.39 is 28.8 Å². The van der Waals surface area contributed by atoms with Gasteiger partial charge in [0.25, 0.3) is 0 Å². The molecule has 0 fully saturated rings. The Labute approximate surface area is 175 Å². The van der Waals surface area contributed by atoms with Crippen molar-refractivity contribution in [1.82, 2.24) is 9.55 Å². The zero-order valence-corrected chi connectivity index (χ0v) is 16.9. The minimum Gasteiger partial charge on any atom is -0.491 e. The Bertz CT molecular complexity index is 1160. The van der Waals surface area contributed by atoms with Gasteiger partial charge in [-0.2, -0.15) is 4.98 Å². The number of aryl methyl sites for hydroxylation is 1. The largest absolute Gasteiger partial charge is 0.491 e. The molecule has 0 saturated heterocycles. The van der Waals surface area contributed by atoms with E-state index in [0.717, 1.165) is 12.1 Å². The van der Waals surface area contributed by atoms with E-state index in [4.69, 9.17) is 9.47 Å². The van der Waals surface area contributed by atoms with Crippen LogP contribution in [0.25, 0.3) is 0 Å². The lowest BCUT2D eigenvalue weighted by atomic mass is 10.2. The minimum atomic E-state index is -1.58. The topological polar surface area (TPSA) is 65.4 Å². The van der Waals surface area contributed by atoms with Gasteiger partial charge < -0.3 is 19.4 Å². The molecule has 0 saturated carbocycles. The first kappa shape index (κ1) is 22.1. The number of anilines is 2. The normalized spacial score (nSPS) is 10.8. The first-order valence-electron chi connectivity index (χ1n) is 9.22. The van der Waals surface area contributed by atoms with Gasteiger partial charge in [-0.15, -0.1) is 0 Å². The van der Waals surface area contributed by atoms with Crippen LogP contribution in [0.3, 0.4) is 0 Å². The van der Waals surface area contributed by atoms with E-state index in [2.05, 4.69) is 10.3 Å². The Morgan fingerprint density at radius 2 is 1.71 bits per heavy atom. The quantitative estimate of drug-likeness (QED) is 0.441. The summed E-state index contributed by atoms with van der Waals surface area (Å²) in [5.74, 6) is -4.94. The van der Waals surface area contributed by atoms with Gasteiger partial charge in [-0.1, -0.05) is 0 Å². The standard InChI is InChI=1S/C21H19F4N3O3/c1-4-31-17-8-16(11(2)5-13(17)22)26-21-27-20(29)18(30-3)10-28(21)9-12-6-14(23)19(25)15(24)7-12/h5-8,10H,4,9H2,1-3H3,(H,26,27,29). The molecule has 0 aliphatic heterocycles. The molecule has 1 heterocycles. The lowest BCUT2D eigenvalue weighted by molar-refractivity contribution is 0.321. The highest BCUT2D eigenvalue weighted by Gasteiger charge is 2.16. The third kappa shape index (κ3) is 4.79. The Hall–Kier alpha value is -3.56. The number of halogens is 4. The molecule has 0 radical (unpaired) electrons. The summed E-state index contributed by atoms with van der Waals surface area (Å²) in [7, 11) is 1.27. The van der Waals surface area contributed by atoms with Crippen molar-refractivity contribution in [1.29, 1.82) is 0 Å². The molecule has 164 valence electrons. The number of hydrogen-bond donors (Lipinski definition) is 1. The maximum Gasteiger partial charge on any atom is 0.316 e. The van der Waals surface area contributed by atoms with Crippen LogP contribution < -0.4 is 20.3 Å². The molecule has 3 rings (SSSR count). The summed E-state index contributed by atoms with van der Waals surface area (Å²) < 4.78 is 66.2. The fourth-order valence-corrected chi connectivity index (χ4v) is 2.90. The molecule has 0 spiro atoms. The van der Waals surface area contributed by atoms with Crippen LogP contribution in [-0.4, -0.2) is 23.3 Å². The van der Waals surface area contributed by atoms with E-state index in [1.54, 1.807) is 13.8 Å². The lowest BCUT2D eigenvalue weighted by Crippen LogP contribution is -2.19. The summed E-state index contributed by atoms with van der Waals surface area (Å²) >= 11 is 0. The maximum atomic E-state index is 14.1. The first-order valence-corrected chi connectivity index (χ1v) is 9.22. The number of nitrogens with zero attached hydrogens (tertiary/aromatic N) is 2. The smallest absolute Gasteiger partial charge is 0.316 e. The van der Waals surface area contributed by atoms with Crippen LogP contribution in [0.4, 0.5) is 29.2 Å². The lowest BCUT2D eigenvalue weighted by Gasteiger charge is -2.17. The van der Waals surface area contributed by atoms with Crippen molar-refractivity contribution >= 4 is 11.6 Å². The van der Waals surface area contributed by atoms with Crippen molar-refractivity contribution in [2.75, 3.05) is 19.0 Å². The number of rotatable bonds is 7. The van der Waals surface area contributed by atoms with E-state index in [1.807, 2.05) is 0 Å². The Morgan fingerprint density at radius 3 is 2.32 bits per heavy atom. The average molecular weight is 437 g/mol. The zero-order chi connectivity index (χ0) is 22.7. The van der Waals surface area contributed by atoms with Crippen LogP contribution in [0.5, 0.6) is 11.5 Å². The summed E-state index contributed by atoms with van der Waals surface area (Å²) in [6.07, 6.45) is 1.29. The molecule has 0 aliphatic carbocycles. The Kier molecular flexibility index (Phi) is 6.47. The van der Waals surface area contributed by atoms with E-state index in [9.17, 15) is 22.4 Å². The number of hydrogen-bond acceptors (Lipinski definition) is 5. The van der Waals surface area contributed by atoms with Gasteiger partial charge in [0.15, 0.2) is 29.0 Å². The van der Waals surface area contributed by atoms with Crippen LogP contribution >= 0.6 is 0 Å². The van der Waals surface area contributed by atoms with Gasteiger partial charge in [0.05, 0.1) is 26.5 Å². The first-order chi connectivity index (χ1) is 14.7. The van der Waals surface area contributed by atoms with E-state index in [-0.39, 0.29) is 36.2 Å². The highest BCUT2D eigenvalue weighted by atomic mass is 19.2. The predicted molar refractivity (Wildman–Crippen MR) is 106 cm³/mol. The molecule has 31 heavy (non-hydrogen) atoms. The molecular weight excluding hydrogens is 418 g/mol. The Morgan fingerprint density at radius 1 is 1.03 bits per heavy atom. The van der Waals surface area contributed by atoms with Gasteiger partial charge in [-0.05, 0) is 43.2 Å². The molecule has 10 heteroatoms. The monoisotopic (exact) mass is 437 g/mol. The number of methoxy groups -OCH3 is 1. The van der Waals surface area contributed by atoms with E-state index >= 15 is 0 Å². The molecule has 0 atom stereocenters. The van der Waals surface area contributed by atoms with Crippen molar-refractivity contribution in [2.24, 2.45) is 0 Å². The van der Waals surface area contributed by atoms with Gasteiger partial charge >= 0.3 is 5.56 Å². The zero-order valence-electron chi connectivity index (χ0n) is 16.9. The SMILES string of the molecule is CCOc1cc(Nc2nc(=O)c(OC)cn2Cc2cc(F)c(F)c(F)c2)c(C)cc1F. The van der Waals surface area contributed by atoms with Crippen LogP contribution in [0.15, 0.2) is 35.3 Å². The van der Waals surface area contributed by atoms with Crippen LogP contribution in [0.2, 0.25) is 0 Å².